The van der Waals surface area contributed by atoms with Crippen LogP contribution in [-0.4, -0.2) is 36.9 Å². The molecule has 0 aromatic carbocycles. The predicted octanol–water partition coefficient (Wildman–Crippen LogP) is 1.94. The lowest BCUT2D eigenvalue weighted by Gasteiger charge is -2.28. The quantitative estimate of drug-likeness (QED) is 0.926. The van der Waals surface area contributed by atoms with E-state index in [1.165, 1.54) is 0 Å². The van der Waals surface area contributed by atoms with Gasteiger partial charge in [0.25, 0.3) is 0 Å². The highest BCUT2D eigenvalue weighted by Gasteiger charge is 2.25. The molecular weight excluding hydrogens is 302 g/mol. The molecule has 1 fully saturated rings. The lowest BCUT2D eigenvalue weighted by atomic mass is 9.95. The molecule has 1 amide bonds. The molecule has 22 heavy (non-hydrogen) atoms. The Morgan fingerprint density at radius 2 is 2.14 bits per heavy atom. The van der Waals surface area contributed by atoms with Gasteiger partial charge in [-0.2, -0.15) is 0 Å². The summed E-state index contributed by atoms with van der Waals surface area (Å²) in [5, 5.41) is 12.0. The maximum atomic E-state index is 12.0. The van der Waals surface area contributed by atoms with Crippen LogP contribution >= 0.6 is 11.8 Å². The number of nitrogens with zero attached hydrogens (tertiary/aromatic N) is 4. The zero-order valence-electron chi connectivity index (χ0n) is 12.7. The average Bonchev–Trinajstić information content (AvgIpc) is 3.10. The molecule has 1 aliphatic carbocycles. The van der Waals surface area contributed by atoms with Gasteiger partial charge >= 0.3 is 11.8 Å². The monoisotopic (exact) mass is 321 g/mol. The minimum absolute atomic E-state index is 0.0435. The van der Waals surface area contributed by atoms with E-state index in [9.17, 15) is 4.79 Å². The number of nitrogens with one attached hydrogen (secondary N) is 1. The Bertz CT molecular complexity index is 645. The summed E-state index contributed by atoms with van der Waals surface area (Å²) in [5.41, 5.74) is 0. The standard InChI is InChI=1S/C14H19N5O2S/c1-9-17-18-13(21-9)12(20)16-10-3-5-11(6-4-10)22-14-15-7-8-19(14)2/h7-8,10-11H,3-6H2,1-2H3,(H,16,20). The maximum absolute atomic E-state index is 12.0. The van der Waals surface area contributed by atoms with Gasteiger partial charge in [-0.3, -0.25) is 4.79 Å². The minimum Gasteiger partial charge on any atom is -0.417 e. The van der Waals surface area contributed by atoms with Gasteiger partial charge in [0.1, 0.15) is 0 Å². The molecule has 0 bridgehead atoms. The second-order valence-corrected chi connectivity index (χ2v) is 6.78. The van der Waals surface area contributed by atoms with Crippen molar-refractivity contribution in [3.63, 3.8) is 0 Å². The third kappa shape index (κ3) is 3.49. The van der Waals surface area contributed by atoms with Gasteiger partial charge in [-0.15, -0.1) is 10.2 Å². The summed E-state index contributed by atoms with van der Waals surface area (Å²) in [6.45, 7) is 1.67. The molecular formula is C14H19N5O2S. The van der Waals surface area contributed by atoms with Crippen molar-refractivity contribution in [1.82, 2.24) is 25.1 Å². The molecule has 0 saturated heterocycles. The van der Waals surface area contributed by atoms with Crippen LogP contribution in [0.2, 0.25) is 0 Å². The number of carbonyl (C=O) groups excluding carboxylic acids is 1. The zero-order chi connectivity index (χ0) is 15.5. The second kappa shape index (κ2) is 6.51. The van der Waals surface area contributed by atoms with Crippen molar-refractivity contribution < 1.29 is 9.21 Å². The number of hydrogen-bond donors (Lipinski definition) is 1. The van der Waals surface area contributed by atoms with Crippen molar-refractivity contribution in [2.24, 2.45) is 7.05 Å². The zero-order valence-corrected chi connectivity index (χ0v) is 13.5. The highest BCUT2D eigenvalue weighted by Crippen LogP contribution is 2.32. The van der Waals surface area contributed by atoms with Crippen LogP contribution < -0.4 is 5.32 Å². The van der Waals surface area contributed by atoms with Crippen molar-refractivity contribution in [2.75, 3.05) is 0 Å². The van der Waals surface area contributed by atoms with E-state index in [0.717, 1.165) is 30.8 Å². The van der Waals surface area contributed by atoms with Crippen LogP contribution in [0.5, 0.6) is 0 Å². The summed E-state index contributed by atoms with van der Waals surface area (Å²) in [6.07, 6.45) is 7.82. The Balaban J connectivity index is 1.47. The molecule has 0 aliphatic heterocycles. The molecule has 0 atom stereocenters. The Kier molecular flexibility index (Phi) is 4.47. The van der Waals surface area contributed by atoms with Gasteiger partial charge in [-0.05, 0) is 25.7 Å². The molecule has 2 aromatic rings. The summed E-state index contributed by atoms with van der Waals surface area (Å²) in [4.78, 5) is 16.3. The fourth-order valence-corrected chi connectivity index (χ4v) is 3.73. The first kappa shape index (κ1) is 15.1. The van der Waals surface area contributed by atoms with E-state index in [-0.39, 0.29) is 17.8 Å². The van der Waals surface area contributed by atoms with E-state index in [2.05, 4.69) is 20.5 Å². The summed E-state index contributed by atoms with van der Waals surface area (Å²) < 4.78 is 7.18. The largest absolute Gasteiger partial charge is 0.417 e. The van der Waals surface area contributed by atoms with Crippen LogP contribution in [0, 0.1) is 6.92 Å². The van der Waals surface area contributed by atoms with Gasteiger partial charge in [0.05, 0.1) is 0 Å². The average molecular weight is 321 g/mol. The second-order valence-electron chi connectivity index (χ2n) is 5.51. The summed E-state index contributed by atoms with van der Waals surface area (Å²) in [6, 6.07) is 0.179. The van der Waals surface area contributed by atoms with Crippen LogP contribution in [0.25, 0.3) is 0 Å². The van der Waals surface area contributed by atoms with Crippen molar-refractivity contribution in [1.29, 1.82) is 0 Å². The van der Waals surface area contributed by atoms with Crippen LogP contribution in [0.15, 0.2) is 22.0 Å². The first-order valence-electron chi connectivity index (χ1n) is 7.37. The third-order valence-electron chi connectivity index (χ3n) is 3.78. The van der Waals surface area contributed by atoms with Crippen LogP contribution in [0.3, 0.4) is 0 Å². The molecule has 1 N–H and O–H groups in total. The van der Waals surface area contributed by atoms with E-state index < -0.39 is 0 Å². The van der Waals surface area contributed by atoms with E-state index in [1.54, 1.807) is 6.92 Å². The summed E-state index contributed by atoms with van der Waals surface area (Å²) in [5.74, 6) is 0.170. The smallest absolute Gasteiger partial charge is 0.309 e. The first-order valence-corrected chi connectivity index (χ1v) is 8.24. The topological polar surface area (TPSA) is 85.8 Å². The van der Waals surface area contributed by atoms with E-state index in [0.29, 0.717) is 11.1 Å². The number of hydrogen-bond acceptors (Lipinski definition) is 6. The first-order chi connectivity index (χ1) is 10.6. The number of carbonyl (C=O) groups is 1. The molecule has 1 saturated carbocycles. The molecule has 7 nitrogen and oxygen atoms in total. The summed E-state index contributed by atoms with van der Waals surface area (Å²) in [7, 11) is 2.01. The lowest BCUT2D eigenvalue weighted by molar-refractivity contribution is 0.0891. The van der Waals surface area contributed by atoms with Crippen molar-refractivity contribution in [3.8, 4) is 0 Å². The number of aryl methyl sites for hydroxylation is 2. The number of rotatable bonds is 4. The Labute approximate surface area is 132 Å². The molecule has 0 spiro atoms. The van der Waals surface area contributed by atoms with E-state index in [4.69, 9.17) is 4.42 Å². The number of amides is 1. The third-order valence-corrected chi connectivity index (χ3v) is 5.19. The number of thioether (sulfide) groups is 1. The Morgan fingerprint density at radius 1 is 1.36 bits per heavy atom. The number of imidazole rings is 1. The normalized spacial score (nSPS) is 21.7. The molecule has 2 heterocycles. The minimum atomic E-state index is -0.277. The molecule has 1 aliphatic rings. The van der Waals surface area contributed by atoms with Crippen molar-refractivity contribution in [2.45, 2.75) is 49.1 Å². The summed E-state index contributed by atoms with van der Waals surface area (Å²) >= 11 is 1.82. The fraction of sp³-hybridized carbons (Fsp3) is 0.571. The highest BCUT2D eigenvalue weighted by molar-refractivity contribution is 7.99. The highest BCUT2D eigenvalue weighted by atomic mass is 32.2. The maximum Gasteiger partial charge on any atom is 0.309 e. The van der Waals surface area contributed by atoms with Gasteiger partial charge in [0.15, 0.2) is 5.16 Å². The van der Waals surface area contributed by atoms with Gasteiger partial charge in [0, 0.05) is 37.7 Å². The molecule has 3 rings (SSSR count). The van der Waals surface area contributed by atoms with Gasteiger partial charge in [-0.1, -0.05) is 11.8 Å². The van der Waals surface area contributed by atoms with Crippen LogP contribution in [0.4, 0.5) is 0 Å². The Morgan fingerprint density at radius 3 is 2.73 bits per heavy atom. The SMILES string of the molecule is Cc1nnc(C(=O)NC2CCC(Sc3nccn3C)CC2)o1. The van der Waals surface area contributed by atoms with E-state index >= 15 is 0 Å². The Hall–Kier alpha value is -1.83. The van der Waals surface area contributed by atoms with Gasteiger partial charge in [0.2, 0.25) is 5.89 Å². The van der Waals surface area contributed by atoms with Crippen molar-refractivity contribution in [3.05, 3.63) is 24.2 Å². The van der Waals surface area contributed by atoms with Crippen LogP contribution in [-0.2, 0) is 7.05 Å². The van der Waals surface area contributed by atoms with E-state index in [1.807, 2.05) is 35.8 Å². The van der Waals surface area contributed by atoms with Gasteiger partial charge in [-0.25, -0.2) is 4.98 Å². The number of aromatic nitrogens is 4. The fourth-order valence-electron chi connectivity index (χ4n) is 2.58. The molecule has 0 unspecified atom stereocenters. The van der Waals surface area contributed by atoms with Gasteiger partial charge < -0.3 is 14.3 Å². The van der Waals surface area contributed by atoms with Crippen molar-refractivity contribution >= 4 is 17.7 Å². The van der Waals surface area contributed by atoms with Crippen LogP contribution in [0.1, 0.15) is 42.3 Å². The molecule has 8 heteroatoms. The molecule has 118 valence electrons. The molecule has 2 aromatic heterocycles. The lowest BCUT2D eigenvalue weighted by Crippen LogP contribution is -2.38. The predicted molar refractivity (Wildman–Crippen MR) is 81.6 cm³/mol. The molecule has 0 radical (unpaired) electrons.